The number of nitrogens with one attached hydrogen (secondary N) is 1. The fourth-order valence-electron chi connectivity index (χ4n) is 4.17. The van der Waals surface area contributed by atoms with Gasteiger partial charge < -0.3 is 19.9 Å². The molecule has 3 aromatic rings. The zero-order valence-electron chi connectivity index (χ0n) is 18.4. The fourth-order valence-corrected chi connectivity index (χ4v) is 4.17. The summed E-state index contributed by atoms with van der Waals surface area (Å²) in [5.74, 6) is -0.443. The topological polar surface area (TPSA) is 90.2 Å². The van der Waals surface area contributed by atoms with E-state index in [9.17, 15) is 14.0 Å². The van der Waals surface area contributed by atoms with Crippen LogP contribution in [0.1, 0.15) is 12.1 Å². The molecule has 2 aromatic heterocycles. The predicted molar refractivity (Wildman–Crippen MR) is 124 cm³/mol. The average molecular weight is 463 g/mol. The Balaban J connectivity index is 1.36. The molecule has 0 radical (unpaired) electrons. The Morgan fingerprint density at radius 2 is 1.82 bits per heavy atom. The quantitative estimate of drug-likeness (QED) is 0.613. The van der Waals surface area contributed by atoms with E-state index in [1.807, 2.05) is 30.3 Å². The molecule has 5 rings (SSSR count). The molecule has 1 aromatic carbocycles. The van der Waals surface area contributed by atoms with Crippen LogP contribution in [-0.2, 0) is 4.74 Å². The van der Waals surface area contributed by atoms with E-state index in [0.29, 0.717) is 31.9 Å². The second-order valence-electron chi connectivity index (χ2n) is 8.17. The normalized spacial score (nSPS) is 18.1. The molecule has 174 valence electrons. The van der Waals surface area contributed by atoms with E-state index in [2.05, 4.69) is 25.2 Å². The maximum absolute atomic E-state index is 14.6. The summed E-state index contributed by atoms with van der Waals surface area (Å²) in [5.41, 5.74) is 2.69. The van der Waals surface area contributed by atoms with Gasteiger partial charge in [0.15, 0.2) is 11.5 Å². The molecule has 2 aliphatic heterocycles. The fraction of sp³-hybridized carbons (Fsp3) is 0.333. The number of rotatable bonds is 5. The first-order valence-corrected chi connectivity index (χ1v) is 11.1. The van der Waals surface area contributed by atoms with E-state index >= 15 is 0 Å². The highest BCUT2D eigenvalue weighted by atomic mass is 19.1. The van der Waals surface area contributed by atoms with Gasteiger partial charge in [-0.05, 0) is 42.8 Å². The number of anilines is 4. The van der Waals surface area contributed by atoms with Crippen LogP contribution in [0, 0.1) is 17.1 Å². The van der Waals surface area contributed by atoms with Crippen molar-refractivity contribution in [2.24, 2.45) is 0 Å². The third kappa shape index (κ3) is 4.61. The minimum absolute atomic E-state index is 0.0183. The molecule has 34 heavy (non-hydrogen) atoms. The van der Waals surface area contributed by atoms with E-state index in [-0.39, 0.29) is 29.6 Å². The number of nitrogens with zero attached hydrogens (tertiary/aromatic N) is 6. The van der Waals surface area contributed by atoms with Crippen molar-refractivity contribution in [3.63, 3.8) is 0 Å². The van der Waals surface area contributed by atoms with Crippen LogP contribution in [0.3, 0.4) is 0 Å². The number of benzene rings is 1. The molecule has 2 saturated heterocycles. The lowest BCUT2D eigenvalue weighted by Crippen LogP contribution is -2.36. The van der Waals surface area contributed by atoms with Gasteiger partial charge in [0, 0.05) is 37.6 Å². The van der Waals surface area contributed by atoms with Crippen LogP contribution in [0.25, 0.3) is 11.4 Å². The van der Waals surface area contributed by atoms with Crippen molar-refractivity contribution in [1.29, 1.82) is 5.26 Å². The molecule has 1 N–H and O–H groups in total. The number of nitriles is 1. The van der Waals surface area contributed by atoms with Crippen molar-refractivity contribution in [3.8, 4) is 17.5 Å². The van der Waals surface area contributed by atoms with Gasteiger partial charge in [0.05, 0.1) is 30.8 Å². The number of hydrogen-bond acceptors (Lipinski definition) is 8. The summed E-state index contributed by atoms with van der Waals surface area (Å²) in [7, 11) is 0. The van der Waals surface area contributed by atoms with Gasteiger partial charge in [-0.1, -0.05) is 0 Å². The summed E-state index contributed by atoms with van der Waals surface area (Å²) < 4.78 is 33.6. The molecule has 0 aliphatic carbocycles. The number of hydrogen-bond donors (Lipinski definition) is 1. The largest absolute Gasteiger partial charge is 0.378 e. The summed E-state index contributed by atoms with van der Waals surface area (Å²) >= 11 is 0. The van der Waals surface area contributed by atoms with Crippen molar-refractivity contribution >= 4 is 23.0 Å². The summed E-state index contributed by atoms with van der Waals surface area (Å²) in [6, 6.07) is 13.1. The van der Waals surface area contributed by atoms with Gasteiger partial charge >= 0.3 is 0 Å². The third-order valence-corrected chi connectivity index (χ3v) is 5.94. The molecule has 0 unspecified atom stereocenters. The third-order valence-electron chi connectivity index (χ3n) is 5.94. The average Bonchev–Trinajstić information content (AvgIpc) is 3.32. The highest BCUT2D eigenvalue weighted by Gasteiger charge is 2.25. The summed E-state index contributed by atoms with van der Waals surface area (Å²) in [4.78, 5) is 16.7. The number of aromatic nitrogens is 3. The number of ether oxygens (including phenoxy) is 1. The first-order chi connectivity index (χ1) is 16.6. The van der Waals surface area contributed by atoms with E-state index in [1.54, 1.807) is 17.0 Å². The second kappa shape index (κ2) is 9.57. The molecular weight excluding hydrogens is 440 g/mol. The van der Waals surface area contributed by atoms with Crippen molar-refractivity contribution in [3.05, 3.63) is 54.1 Å². The standard InChI is InChI=1S/C24H23F2N7O/c25-16-7-8-33(15-16)22-6-5-20(30-21(22)13-27)23-19(26)14-28-24(31-23)29-17-1-3-18(4-2-17)32-9-11-34-12-10-32/h1-6,14,16H,7-12,15H2,(H,28,29,31)/t16-/m0/s1. The van der Waals surface area contributed by atoms with Gasteiger partial charge in [-0.15, -0.1) is 0 Å². The maximum atomic E-state index is 14.6. The first-order valence-electron chi connectivity index (χ1n) is 11.1. The monoisotopic (exact) mass is 463 g/mol. The Hall–Kier alpha value is -3.84. The van der Waals surface area contributed by atoms with Crippen LogP contribution >= 0.6 is 0 Å². The highest BCUT2D eigenvalue weighted by Crippen LogP contribution is 2.29. The van der Waals surface area contributed by atoms with Crippen molar-refractivity contribution in [2.45, 2.75) is 12.6 Å². The number of alkyl halides is 1. The molecule has 0 spiro atoms. The molecule has 1 atom stereocenters. The zero-order valence-corrected chi connectivity index (χ0v) is 18.4. The predicted octanol–water partition coefficient (Wildman–Crippen LogP) is 3.68. The van der Waals surface area contributed by atoms with E-state index in [1.165, 1.54) is 0 Å². The zero-order chi connectivity index (χ0) is 23.5. The van der Waals surface area contributed by atoms with Crippen molar-refractivity contribution < 1.29 is 13.5 Å². The molecular formula is C24H23F2N7O. The van der Waals surface area contributed by atoms with Gasteiger partial charge in [-0.3, -0.25) is 0 Å². The minimum atomic E-state index is -0.929. The van der Waals surface area contributed by atoms with Gasteiger partial charge in [0.1, 0.15) is 17.9 Å². The number of pyridine rings is 1. The molecule has 2 aliphatic rings. The Labute approximate surface area is 195 Å². The summed E-state index contributed by atoms with van der Waals surface area (Å²) in [6.07, 6.45) is 0.556. The minimum Gasteiger partial charge on any atom is -0.378 e. The van der Waals surface area contributed by atoms with Crippen LogP contribution in [0.5, 0.6) is 0 Å². The Morgan fingerprint density at radius 3 is 2.53 bits per heavy atom. The van der Waals surface area contributed by atoms with Crippen LogP contribution < -0.4 is 15.1 Å². The van der Waals surface area contributed by atoms with Crippen LogP contribution in [-0.4, -0.2) is 60.5 Å². The molecule has 0 bridgehead atoms. The van der Waals surface area contributed by atoms with E-state index in [4.69, 9.17) is 4.74 Å². The first kappa shape index (κ1) is 22.0. The SMILES string of the molecule is N#Cc1nc(-c2nc(Nc3ccc(N4CCOCC4)cc3)ncc2F)ccc1N1CC[C@H](F)C1. The molecule has 2 fully saturated rings. The van der Waals surface area contributed by atoms with Crippen LogP contribution in [0.4, 0.5) is 31.8 Å². The Bertz CT molecular complexity index is 1210. The second-order valence-corrected chi connectivity index (χ2v) is 8.17. The smallest absolute Gasteiger partial charge is 0.227 e. The summed E-state index contributed by atoms with van der Waals surface area (Å²) in [5, 5.41) is 12.7. The van der Waals surface area contributed by atoms with E-state index < -0.39 is 12.0 Å². The van der Waals surface area contributed by atoms with Crippen molar-refractivity contribution in [2.75, 3.05) is 54.5 Å². The molecule has 8 nitrogen and oxygen atoms in total. The lowest BCUT2D eigenvalue weighted by Gasteiger charge is -2.28. The molecule has 10 heteroatoms. The molecule has 0 saturated carbocycles. The summed E-state index contributed by atoms with van der Waals surface area (Å²) in [6.45, 7) is 3.85. The van der Waals surface area contributed by atoms with Crippen LogP contribution in [0.2, 0.25) is 0 Å². The van der Waals surface area contributed by atoms with E-state index in [0.717, 1.165) is 30.7 Å². The van der Waals surface area contributed by atoms with Gasteiger partial charge in [-0.2, -0.15) is 5.26 Å². The number of morpholine rings is 1. The number of halogens is 2. The lowest BCUT2D eigenvalue weighted by molar-refractivity contribution is 0.122. The van der Waals surface area contributed by atoms with Gasteiger partial charge in [0.25, 0.3) is 0 Å². The maximum Gasteiger partial charge on any atom is 0.227 e. The van der Waals surface area contributed by atoms with Gasteiger partial charge in [0.2, 0.25) is 5.95 Å². The highest BCUT2D eigenvalue weighted by molar-refractivity contribution is 5.66. The molecule has 4 heterocycles. The van der Waals surface area contributed by atoms with Crippen molar-refractivity contribution in [1.82, 2.24) is 15.0 Å². The Morgan fingerprint density at radius 1 is 1.03 bits per heavy atom. The van der Waals surface area contributed by atoms with Crippen LogP contribution in [0.15, 0.2) is 42.6 Å². The lowest BCUT2D eigenvalue weighted by atomic mass is 10.2. The Kier molecular flexibility index (Phi) is 6.18. The van der Waals surface area contributed by atoms with Gasteiger partial charge in [-0.25, -0.2) is 23.7 Å². The molecule has 0 amide bonds.